The molecule has 5 nitrogen and oxygen atoms in total. The van der Waals surface area contributed by atoms with Gasteiger partial charge in [0.05, 0.1) is 16.9 Å². The molecular formula is C26H30N4OS. The molecule has 1 N–H and O–H groups in total. The average Bonchev–Trinajstić information content (AvgIpc) is 3.31. The fraction of sp³-hybridized carbons (Fsp3) is 0.346. The zero-order valence-electron chi connectivity index (χ0n) is 19.0. The number of aromatic nitrogens is 1. The molecule has 32 heavy (non-hydrogen) atoms. The highest BCUT2D eigenvalue weighted by molar-refractivity contribution is 7.98. The topological polar surface area (TPSA) is 40.5 Å². The Kier molecular flexibility index (Phi) is 5.41. The van der Waals surface area contributed by atoms with Crippen molar-refractivity contribution in [3.05, 3.63) is 72.1 Å². The van der Waals surface area contributed by atoms with Crippen molar-refractivity contribution >= 4 is 29.2 Å². The number of nitrogens with one attached hydrogen (secondary N) is 1. The van der Waals surface area contributed by atoms with Crippen LogP contribution in [0.5, 0.6) is 0 Å². The number of hydrogen-bond donors (Lipinski definition) is 1. The maximum atomic E-state index is 13.0. The number of carbonyl (C=O) groups excluding carboxylic acids is 1. The number of fused-ring (bicyclic) bond motifs is 4. The molecule has 3 aromatic rings. The number of thioether (sulfide) groups is 1. The standard InChI is InChI=1S/C26H30N4OS/c1-4-30-23-17-19(2)10-11-22(23)29-14-6-9-24(29)26(30)12-15-28(16-13-26)25(31)27-20-7-5-8-21(18-20)32-3/h5-11,14,17-18H,4,12-13,15-16H2,1-3H3,(H,27,31). The number of rotatable bonds is 3. The first-order chi connectivity index (χ1) is 15.6. The molecule has 2 aliphatic heterocycles. The average molecular weight is 447 g/mol. The number of likely N-dealkylation sites (tertiary alicyclic amines) is 1. The molecule has 0 aliphatic carbocycles. The van der Waals surface area contributed by atoms with Gasteiger partial charge in [-0.05, 0) is 81.0 Å². The minimum Gasteiger partial charge on any atom is -0.359 e. The Morgan fingerprint density at radius 3 is 2.62 bits per heavy atom. The first-order valence-corrected chi connectivity index (χ1v) is 12.5. The summed E-state index contributed by atoms with van der Waals surface area (Å²) >= 11 is 1.68. The van der Waals surface area contributed by atoms with Gasteiger partial charge in [0.25, 0.3) is 0 Å². The van der Waals surface area contributed by atoms with Gasteiger partial charge in [-0.15, -0.1) is 11.8 Å². The molecule has 0 bridgehead atoms. The summed E-state index contributed by atoms with van der Waals surface area (Å²) in [6.07, 6.45) is 6.05. The van der Waals surface area contributed by atoms with E-state index in [1.807, 2.05) is 29.4 Å². The fourth-order valence-corrected chi connectivity index (χ4v) is 5.83. The van der Waals surface area contributed by atoms with Crippen LogP contribution in [-0.2, 0) is 5.54 Å². The number of benzene rings is 2. The second-order valence-corrected chi connectivity index (χ2v) is 9.56. The van der Waals surface area contributed by atoms with Gasteiger partial charge in [0.15, 0.2) is 0 Å². The van der Waals surface area contributed by atoms with Gasteiger partial charge in [-0.25, -0.2) is 4.79 Å². The van der Waals surface area contributed by atoms with Gasteiger partial charge in [0, 0.05) is 42.1 Å². The number of aryl methyl sites for hydroxylation is 1. The quantitative estimate of drug-likeness (QED) is 0.512. The second-order valence-electron chi connectivity index (χ2n) is 8.68. The molecular weight excluding hydrogens is 416 g/mol. The van der Waals surface area contributed by atoms with E-state index in [1.165, 1.54) is 22.6 Å². The summed E-state index contributed by atoms with van der Waals surface area (Å²) in [4.78, 5) is 18.7. The van der Waals surface area contributed by atoms with Crippen LogP contribution in [0.25, 0.3) is 5.69 Å². The van der Waals surface area contributed by atoms with Crippen LogP contribution in [0, 0.1) is 6.92 Å². The van der Waals surface area contributed by atoms with Gasteiger partial charge in [-0.1, -0.05) is 12.1 Å². The normalized spacial score (nSPS) is 16.6. The van der Waals surface area contributed by atoms with Crippen LogP contribution in [0.4, 0.5) is 16.2 Å². The maximum absolute atomic E-state index is 13.0. The Bertz CT molecular complexity index is 1150. The number of anilines is 2. The molecule has 2 aliphatic rings. The van der Waals surface area contributed by atoms with E-state index < -0.39 is 0 Å². The first kappa shape index (κ1) is 21.0. The summed E-state index contributed by atoms with van der Waals surface area (Å²) in [6, 6.07) is 19.2. The van der Waals surface area contributed by atoms with E-state index in [0.29, 0.717) is 0 Å². The first-order valence-electron chi connectivity index (χ1n) is 11.3. The molecule has 1 aromatic heterocycles. The summed E-state index contributed by atoms with van der Waals surface area (Å²) in [7, 11) is 0. The van der Waals surface area contributed by atoms with Crippen molar-refractivity contribution in [1.82, 2.24) is 9.47 Å². The molecule has 2 aromatic carbocycles. The Hall–Kier alpha value is -2.86. The summed E-state index contributed by atoms with van der Waals surface area (Å²) in [5.74, 6) is 0. The third kappa shape index (κ3) is 3.37. The Morgan fingerprint density at radius 2 is 1.88 bits per heavy atom. The largest absolute Gasteiger partial charge is 0.359 e. The number of hydrogen-bond acceptors (Lipinski definition) is 3. The molecule has 1 saturated heterocycles. The van der Waals surface area contributed by atoms with Gasteiger partial charge in [-0.2, -0.15) is 0 Å². The van der Waals surface area contributed by atoms with Crippen LogP contribution in [0.2, 0.25) is 0 Å². The van der Waals surface area contributed by atoms with Crippen molar-refractivity contribution in [3.8, 4) is 5.69 Å². The molecule has 0 unspecified atom stereocenters. The highest BCUT2D eigenvalue weighted by Gasteiger charge is 2.46. The van der Waals surface area contributed by atoms with Crippen molar-refractivity contribution in [3.63, 3.8) is 0 Å². The van der Waals surface area contributed by atoms with Gasteiger partial charge >= 0.3 is 6.03 Å². The van der Waals surface area contributed by atoms with Crippen LogP contribution in [0.3, 0.4) is 0 Å². The van der Waals surface area contributed by atoms with Gasteiger partial charge in [0.1, 0.15) is 0 Å². The zero-order valence-corrected chi connectivity index (χ0v) is 19.8. The van der Waals surface area contributed by atoms with Gasteiger partial charge < -0.3 is 19.7 Å². The van der Waals surface area contributed by atoms with Crippen LogP contribution in [0.15, 0.2) is 65.7 Å². The number of urea groups is 1. The van der Waals surface area contributed by atoms with Crippen molar-refractivity contribution < 1.29 is 4.79 Å². The van der Waals surface area contributed by atoms with Crippen LogP contribution >= 0.6 is 11.8 Å². The fourth-order valence-electron chi connectivity index (χ4n) is 5.37. The summed E-state index contributed by atoms with van der Waals surface area (Å²) in [5.41, 5.74) is 5.92. The number of carbonyl (C=O) groups is 1. The summed E-state index contributed by atoms with van der Waals surface area (Å²) in [5, 5.41) is 3.10. The predicted octanol–water partition coefficient (Wildman–Crippen LogP) is 5.87. The van der Waals surface area contributed by atoms with Gasteiger partial charge in [0.2, 0.25) is 0 Å². The highest BCUT2D eigenvalue weighted by Crippen LogP contribution is 2.48. The van der Waals surface area contributed by atoms with E-state index >= 15 is 0 Å². The second kappa shape index (κ2) is 8.24. The molecule has 3 heterocycles. The lowest BCUT2D eigenvalue weighted by Gasteiger charge is -2.53. The summed E-state index contributed by atoms with van der Waals surface area (Å²) in [6.45, 7) is 6.80. The molecule has 0 radical (unpaired) electrons. The molecule has 5 rings (SSSR count). The SMILES string of the molecule is CCN1c2cc(C)ccc2-n2cccc2C12CCN(C(=O)Nc1cccc(SC)c1)CC2. The monoisotopic (exact) mass is 446 g/mol. The minimum atomic E-state index is -0.0887. The van der Waals surface area contributed by atoms with Gasteiger partial charge in [-0.3, -0.25) is 0 Å². The van der Waals surface area contributed by atoms with Crippen LogP contribution in [-0.4, -0.2) is 41.4 Å². The van der Waals surface area contributed by atoms with Crippen molar-refractivity contribution in [1.29, 1.82) is 0 Å². The minimum absolute atomic E-state index is 0.0106. The van der Waals surface area contributed by atoms with E-state index in [2.05, 4.69) is 71.2 Å². The molecule has 1 fully saturated rings. The molecule has 0 atom stereocenters. The summed E-state index contributed by atoms with van der Waals surface area (Å²) < 4.78 is 2.35. The molecule has 1 spiro atoms. The van der Waals surface area contributed by atoms with E-state index in [4.69, 9.17) is 0 Å². The lowest BCUT2D eigenvalue weighted by Crippen LogP contribution is -2.57. The van der Waals surface area contributed by atoms with Crippen LogP contribution in [0.1, 0.15) is 31.0 Å². The number of piperidine rings is 1. The predicted molar refractivity (Wildman–Crippen MR) is 133 cm³/mol. The third-order valence-corrected chi connectivity index (χ3v) is 7.66. The highest BCUT2D eigenvalue weighted by atomic mass is 32.2. The maximum Gasteiger partial charge on any atom is 0.321 e. The molecule has 6 heteroatoms. The number of nitrogens with zero attached hydrogens (tertiary/aromatic N) is 3. The third-order valence-electron chi connectivity index (χ3n) is 6.94. The smallest absolute Gasteiger partial charge is 0.321 e. The zero-order chi connectivity index (χ0) is 22.3. The Labute approximate surface area is 194 Å². The Morgan fingerprint density at radius 1 is 1.06 bits per heavy atom. The van der Waals surface area contributed by atoms with Crippen molar-refractivity contribution in [2.45, 2.75) is 37.1 Å². The van der Waals surface area contributed by atoms with E-state index in [9.17, 15) is 4.79 Å². The van der Waals surface area contributed by atoms with Crippen LogP contribution < -0.4 is 10.2 Å². The molecule has 2 amide bonds. The molecule has 0 saturated carbocycles. The number of amides is 2. The van der Waals surface area contributed by atoms with E-state index in [0.717, 1.165) is 43.1 Å². The lowest BCUT2D eigenvalue weighted by atomic mass is 9.80. The Balaban J connectivity index is 1.40. The molecule has 166 valence electrons. The van der Waals surface area contributed by atoms with Crippen molar-refractivity contribution in [2.75, 3.05) is 36.1 Å². The lowest BCUT2D eigenvalue weighted by molar-refractivity contribution is 0.161. The van der Waals surface area contributed by atoms with Crippen molar-refractivity contribution in [2.24, 2.45) is 0 Å². The van der Waals surface area contributed by atoms with E-state index in [-0.39, 0.29) is 11.6 Å². The van der Waals surface area contributed by atoms with E-state index in [1.54, 1.807) is 11.8 Å².